The number of nitrogens with two attached hydrogens (primary N) is 1. The average molecular weight is 198 g/mol. The summed E-state index contributed by atoms with van der Waals surface area (Å²) in [6.45, 7) is 4.24. The summed E-state index contributed by atoms with van der Waals surface area (Å²) in [5, 5.41) is 3.05. The number of hydrogen-bond donors (Lipinski definition) is 2. The molecule has 0 aliphatic heterocycles. The Morgan fingerprint density at radius 2 is 2.29 bits per heavy atom. The summed E-state index contributed by atoms with van der Waals surface area (Å²) >= 11 is 0. The predicted octanol–water partition coefficient (Wildman–Crippen LogP) is 1.42. The lowest BCUT2D eigenvalue weighted by Crippen LogP contribution is -2.46. The molecule has 3 heteroatoms. The molecule has 0 heterocycles. The molecule has 14 heavy (non-hydrogen) atoms. The first-order valence-electron chi connectivity index (χ1n) is 5.71. The average Bonchev–Trinajstić information content (AvgIpc) is 2.52. The first-order chi connectivity index (χ1) is 6.65. The van der Waals surface area contributed by atoms with Gasteiger partial charge in [-0.15, -0.1) is 0 Å². The van der Waals surface area contributed by atoms with E-state index in [2.05, 4.69) is 12.2 Å². The Bertz CT molecular complexity index is 194. The Labute approximate surface area is 86.4 Å². The van der Waals surface area contributed by atoms with Gasteiger partial charge in [0.15, 0.2) is 0 Å². The van der Waals surface area contributed by atoms with E-state index in [0.717, 1.165) is 19.3 Å². The number of rotatable bonds is 4. The highest BCUT2D eigenvalue weighted by Crippen LogP contribution is 2.24. The van der Waals surface area contributed by atoms with Crippen LogP contribution in [0, 0.1) is 5.92 Å². The maximum atomic E-state index is 11.6. The van der Waals surface area contributed by atoms with Gasteiger partial charge < -0.3 is 11.1 Å². The van der Waals surface area contributed by atoms with Crippen LogP contribution < -0.4 is 11.1 Å². The molecule has 0 saturated heterocycles. The van der Waals surface area contributed by atoms with Crippen LogP contribution in [0.2, 0.25) is 0 Å². The molecule has 2 unspecified atom stereocenters. The van der Waals surface area contributed by atoms with E-state index in [1.807, 2.05) is 6.92 Å². The Kier molecular flexibility index (Phi) is 4.39. The molecule has 0 aromatic rings. The SMILES string of the molecule is CCC[C@H](N)C(=O)NC1CCCC1C. The molecular formula is C11H22N2O. The summed E-state index contributed by atoms with van der Waals surface area (Å²) in [4.78, 5) is 11.6. The molecule has 0 aromatic carbocycles. The molecule has 1 saturated carbocycles. The van der Waals surface area contributed by atoms with E-state index in [-0.39, 0.29) is 11.9 Å². The molecule has 3 atom stereocenters. The van der Waals surface area contributed by atoms with Crippen LogP contribution in [-0.2, 0) is 4.79 Å². The van der Waals surface area contributed by atoms with Gasteiger partial charge in [0.1, 0.15) is 0 Å². The molecule has 1 aliphatic carbocycles. The summed E-state index contributed by atoms with van der Waals surface area (Å²) in [5.41, 5.74) is 5.74. The summed E-state index contributed by atoms with van der Waals surface area (Å²) in [7, 11) is 0. The van der Waals surface area contributed by atoms with Gasteiger partial charge in [-0.25, -0.2) is 0 Å². The predicted molar refractivity (Wildman–Crippen MR) is 57.8 cm³/mol. The maximum Gasteiger partial charge on any atom is 0.237 e. The highest BCUT2D eigenvalue weighted by molar-refractivity contribution is 5.81. The van der Waals surface area contributed by atoms with E-state index in [9.17, 15) is 4.79 Å². The normalized spacial score (nSPS) is 28.8. The lowest BCUT2D eigenvalue weighted by molar-refractivity contribution is -0.123. The fourth-order valence-electron chi connectivity index (χ4n) is 2.09. The zero-order chi connectivity index (χ0) is 10.6. The Morgan fingerprint density at radius 3 is 2.79 bits per heavy atom. The third kappa shape index (κ3) is 2.98. The standard InChI is InChI=1S/C11H22N2O/c1-3-5-9(12)11(14)13-10-7-4-6-8(10)2/h8-10H,3-7,12H2,1-2H3,(H,13,14)/t8?,9-,10?/m0/s1. The third-order valence-electron chi connectivity index (χ3n) is 3.13. The van der Waals surface area contributed by atoms with Crippen LogP contribution in [0.1, 0.15) is 46.0 Å². The number of amides is 1. The Balaban J connectivity index is 2.32. The van der Waals surface area contributed by atoms with Crippen molar-refractivity contribution >= 4 is 5.91 Å². The minimum atomic E-state index is -0.312. The molecule has 0 spiro atoms. The molecule has 1 amide bonds. The van der Waals surface area contributed by atoms with Crippen molar-refractivity contribution in [1.29, 1.82) is 0 Å². The van der Waals surface area contributed by atoms with Gasteiger partial charge in [0.25, 0.3) is 0 Å². The van der Waals surface area contributed by atoms with Gasteiger partial charge in [-0.2, -0.15) is 0 Å². The number of hydrogen-bond acceptors (Lipinski definition) is 2. The van der Waals surface area contributed by atoms with Crippen LogP contribution in [0.25, 0.3) is 0 Å². The minimum absolute atomic E-state index is 0.0330. The van der Waals surface area contributed by atoms with Crippen molar-refractivity contribution in [1.82, 2.24) is 5.32 Å². The lowest BCUT2D eigenvalue weighted by Gasteiger charge is -2.19. The monoisotopic (exact) mass is 198 g/mol. The molecule has 82 valence electrons. The molecular weight excluding hydrogens is 176 g/mol. The first kappa shape index (κ1) is 11.5. The van der Waals surface area contributed by atoms with E-state index in [4.69, 9.17) is 5.73 Å². The smallest absolute Gasteiger partial charge is 0.237 e. The maximum absolute atomic E-state index is 11.6. The van der Waals surface area contributed by atoms with Crippen molar-refractivity contribution in [3.63, 3.8) is 0 Å². The molecule has 1 fully saturated rings. The minimum Gasteiger partial charge on any atom is -0.352 e. The number of nitrogens with one attached hydrogen (secondary N) is 1. The van der Waals surface area contributed by atoms with Crippen molar-refractivity contribution < 1.29 is 4.79 Å². The quantitative estimate of drug-likeness (QED) is 0.717. The fraction of sp³-hybridized carbons (Fsp3) is 0.909. The zero-order valence-electron chi connectivity index (χ0n) is 9.25. The highest BCUT2D eigenvalue weighted by Gasteiger charge is 2.26. The van der Waals surface area contributed by atoms with Gasteiger partial charge in [0.05, 0.1) is 6.04 Å². The second kappa shape index (κ2) is 5.35. The van der Waals surface area contributed by atoms with Crippen LogP contribution in [0.15, 0.2) is 0 Å². The fourth-order valence-corrected chi connectivity index (χ4v) is 2.09. The van der Waals surface area contributed by atoms with Gasteiger partial charge in [-0.3, -0.25) is 4.79 Å². The second-order valence-electron chi connectivity index (χ2n) is 4.42. The zero-order valence-corrected chi connectivity index (χ0v) is 9.25. The van der Waals surface area contributed by atoms with Crippen LogP contribution in [0.3, 0.4) is 0 Å². The van der Waals surface area contributed by atoms with Crippen LogP contribution in [0.4, 0.5) is 0 Å². The summed E-state index contributed by atoms with van der Waals surface area (Å²) in [6.07, 6.45) is 5.33. The summed E-state index contributed by atoms with van der Waals surface area (Å²) < 4.78 is 0. The van der Waals surface area contributed by atoms with Gasteiger partial charge >= 0.3 is 0 Å². The molecule has 3 N–H and O–H groups in total. The summed E-state index contributed by atoms with van der Waals surface area (Å²) in [5.74, 6) is 0.651. The molecule has 0 bridgehead atoms. The van der Waals surface area contributed by atoms with E-state index in [1.165, 1.54) is 12.8 Å². The van der Waals surface area contributed by atoms with Crippen molar-refractivity contribution in [2.45, 2.75) is 58.0 Å². The number of carbonyl (C=O) groups is 1. The molecule has 0 radical (unpaired) electrons. The Morgan fingerprint density at radius 1 is 1.57 bits per heavy atom. The Hall–Kier alpha value is -0.570. The van der Waals surface area contributed by atoms with E-state index >= 15 is 0 Å². The molecule has 1 aliphatic rings. The first-order valence-corrected chi connectivity index (χ1v) is 5.71. The van der Waals surface area contributed by atoms with E-state index < -0.39 is 0 Å². The highest BCUT2D eigenvalue weighted by atomic mass is 16.2. The third-order valence-corrected chi connectivity index (χ3v) is 3.13. The van der Waals surface area contributed by atoms with Crippen LogP contribution in [-0.4, -0.2) is 18.0 Å². The van der Waals surface area contributed by atoms with E-state index in [1.54, 1.807) is 0 Å². The van der Waals surface area contributed by atoms with Gasteiger partial charge in [0.2, 0.25) is 5.91 Å². The van der Waals surface area contributed by atoms with Gasteiger partial charge in [-0.05, 0) is 25.2 Å². The van der Waals surface area contributed by atoms with Crippen molar-refractivity contribution in [2.24, 2.45) is 11.7 Å². The topological polar surface area (TPSA) is 55.1 Å². The molecule has 3 nitrogen and oxygen atoms in total. The van der Waals surface area contributed by atoms with Crippen molar-refractivity contribution in [2.75, 3.05) is 0 Å². The van der Waals surface area contributed by atoms with Crippen LogP contribution >= 0.6 is 0 Å². The van der Waals surface area contributed by atoms with Crippen molar-refractivity contribution in [3.05, 3.63) is 0 Å². The molecule has 0 aromatic heterocycles. The number of carbonyl (C=O) groups excluding carboxylic acids is 1. The second-order valence-corrected chi connectivity index (χ2v) is 4.42. The largest absolute Gasteiger partial charge is 0.352 e. The van der Waals surface area contributed by atoms with Crippen molar-refractivity contribution in [3.8, 4) is 0 Å². The van der Waals surface area contributed by atoms with Crippen LogP contribution in [0.5, 0.6) is 0 Å². The molecule has 1 rings (SSSR count). The van der Waals surface area contributed by atoms with E-state index in [0.29, 0.717) is 12.0 Å². The lowest BCUT2D eigenvalue weighted by atomic mass is 10.1. The summed E-state index contributed by atoms with van der Waals surface area (Å²) in [6, 6.07) is 0.0539. The van der Waals surface area contributed by atoms with Gasteiger partial charge in [-0.1, -0.05) is 26.7 Å². The van der Waals surface area contributed by atoms with Gasteiger partial charge in [0, 0.05) is 6.04 Å².